The average Bonchev–Trinajstić information content (AvgIpc) is 3.19. The molecule has 37 heavy (non-hydrogen) atoms. The molecule has 1 aliphatic heterocycles. The van der Waals surface area contributed by atoms with Gasteiger partial charge < -0.3 is 14.8 Å². The van der Waals surface area contributed by atoms with Gasteiger partial charge in [0.05, 0.1) is 25.1 Å². The second-order valence-corrected chi connectivity index (χ2v) is 11.0. The number of carbonyl (C=O) groups is 2. The van der Waals surface area contributed by atoms with Crippen molar-refractivity contribution in [3.8, 4) is 11.5 Å². The largest absolute Gasteiger partial charge is 0.490 e. The zero-order valence-electron chi connectivity index (χ0n) is 19.2. The van der Waals surface area contributed by atoms with Crippen molar-refractivity contribution >= 4 is 92.2 Å². The van der Waals surface area contributed by atoms with E-state index in [1.807, 2.05) is 19.1 Å². The zero-order chi connectivity index (χ0) is 26.5. The van der Waals surface area contributed by atoms with Crippen molar-refractivity contribution < 1.29 is 19.1 Å². The van der Waals surface area contributed by atoms with Gasteiger partial charge in [-0.1, -0.05) is 40.9 Å². The molecule has 3 aromatic carbocycles. The molecule has 2 amide bonds. The molecule has 0 unspecified atom stereocenters. The molecule has 1 fully saturated rings. The van der Waals surface area contributed by atoms with Crippen LogP contribution in [0.2, 0.25) is 15.1 Å². The number of nitrogens with zero attached hydrogens (tertiary/aromatic N) is 1. The van der Waals surface area contributed by atoms with Crippen LogP contribution < -0.4 is 14.8 Å². The fourth-order valence-electron chi connectivity index (χ4n) is 3.24. The van der Waals surface area contributed by atoms with Crippen LogP contribution in [0.1, 0.15) is 28.4 Å². The van der Waals surface area contributed by atoms with Crippen LogP contribution in [-0.4, -0.2) is 23.6 Å². The fourth-order valence-corrected chi connectivity index (χ4v) is 5.29. The Labute approximate surface area is 246 Å². The molecule has 4 rings (SSSR count). The number of ether oxygens (including phenoxy) is 2. The van der Waals surface area contributed by atoms with Gasteiger partial charge in [-0.05, 0) is 107 Å². The first-order chi connectivity index (χ1) is 17.7. The third-order valence-electron chi connectivity index (χ3n) is 4.94. The van der Waals surface area contributed by atoms with Crippen LogP contribution in [0.15, 0.2) is 64.5 Å². The lowest BCUT2D eigenvalue weighted by Crippen LogP contribution is -2.20. The van der Waals surface area contributed by atoms with Gasteiger partial charge in [-0.2, -0.15) is 4.99 Å². The maximum absolute atomic E-state index is 12.5. The minimum atomic E-state index is -0.475. The fraction of sp³-hybridized carbons (Fsp3) is 0.115. The molecular weight excluding hydrogens is 670 g/mol. The van der Waals surface area contributed by atoms with Gasteiger partial charge in [0.2, 0.25) is 0 Å². The van der Waals surface area contributed by atoms with Crippen molar-refractivity contribution in [3.63, 3.8) is 0 Å². The van der Waals surface area contributed by atoms with E-state index in [2.05, 4.69) is 32.9 Å². The Morgan fingerprint density at radius 2 is 1.81 bits per heavy atom. The van der Waals surface area contributed by atoms with Crippen LogP contribution in [0.5, 0.6) is 11.5 Å². The number of rotatable bonds is 7. The molecule has 0 atom stereocenters. The van der Waals surface area contributed by atoms with Gasteiger partial charge >= 0.3 is 0 Å². The van der Waals surface area contributed by atoms with Crippen molar-refractivity contribution in [2.45, 2.75) is 13.5 Å². The van der Waals surface area contributed by atoms with Gasteiger partial charge in [-0.3, -0.25) is 9.59 Å². The van der Waals surface area contributed by atoms with E-state index in [0.717, 1.165) is 26.5 Å². The van der Waals surface area contributed by atoms with Crippen LogP contribution in [0.25, 0.3) is 6.08 Å². The molecule has 0 radical (unpaired) electrons. The number of amidine groups is 1. The Hall–Kier alpha value is -2.24. The van der Waals surface area contributed by atoms with Gasteiger partial charge in [0.15, 0.2) is 16.7 Å². The minimum Gasteiger partial charge on any atom is -0.490 e. The Kier molecular flexibility index (Phi) is 9.41. The number of halogens is 4. The molecular formula is C26H18Cl3IN2O4S. The van der Waals surface area contributed by atoms with Crippen LogP contribution in [0, 0.1) is 3.57 Å². The van der Waals surface area contributed by atoms with Gasteiger partial charge in [0.1, 0.15) is 6.61 Å². The summed E-state index contributed by atoms with van der Waals surface area (Å²) in [5.74, 6) is 0.296. The normalized spacial score (nSPS) is 15.2. The molecule has 3 aromatic rings. The summed E-state index contributed by atoms with van der Waals surface area (Å²) in [7, 11) is 0. The number of hydrogen-bond donors (Lipinski definition) is 1. The summed E-state index contributed by atoms with van der Waals surface area (Å²) in [5, 5.41) is 4.28. The molecule has 6 nitrogen and oxygen atoms in total. The van der Waals surface area contributed by atoms with Crippen molar-refractivity contribution in [1.29, 1.82) is 0 Å². The summed E-state index contributed by atoms with van der Waals surface area (Å²) in [6, 6.07) is 15.4. The van der Waals surface area contributed by atoms with Crippen molar-refractivity contribution in [3.05, 3.63) is 94.8 Å². The van der Waals surface area contributed by atoms with Gasteiger partial charge in [-0.15, -0.1) is 0 Å². The molecule has 1 N–H and O–H groups in total. The number of benzene rings is 3. The zero-order valence-corrected chi connectivity index (χ0v) is 24.4. The summed E-state index contributed by atoms with van der Waals surface area (Å²) in [4.78, 5) is 29.4. The maximum atomic E-state index is 12.5. The van der Waals surface area contributed by atoms with Crippen LogP contribution in [0.3, 0.4) is 0 Å². The molecule has 1 saturated heterocycles. The van der Waals surface area contributed by atoms with E-state index in [1.54, 1.807) is 48.5 Å². The molecule has 0 saturated carbocycles. The third-order valence-corrected chi connectivity index (χ3v) is 7.64. The summed E-state index contributed by atoms with van der Waals surface area (Å²) in [6.45, 7) is 2.58. The van der Waals surface area contributed by atoms with E-state index >= 15 is 0 Å². The molecule has 0 aliphatic carbocycles. The SMILES string of the molecule is CCOc1cc(/C=C2\SC(=NC(=O)c3ccc(Cl)cc3)NC2=O)cc(I)c1OCc1ccc(Cl)c(Cl)c1. The number of hydrogen-bond acceptors (Lipinski definition) is 5. The van der Waals surface area contributed by atoms with E-state index in [1.165, 1.54) is 0 Å². The number of thioether (sulfide) groups is 1. The van der Waals surface area contributed by atoms with Crippen molar-refractivity contribution in [2.75, 3.05) is 6.61 Å². The topological polar surface area (TPSA) is 77.0 Å². The molecule has 1 heterocycles. The molecule has 0 bridgehead atoms. The monoisotopic (exact) mass is 686 g/mol. The van der Waals surface area contributed by atoms with Crippen molar-refractivity contribution in [2.24, 2.45) is 4.99 Å². The average molecular weight is 688 g/mol. The van der Waals surface area contributed by atoms with Gasteiger partial charge in [0, 0.05) is 10.6 Å². The van der Waals surface area contributed by atoms with E-state index in [4.69, 9.17) is 44.3 Å². The van der Waals surface area contributed by atoms with E-state index < -0.39 is 5.91 Å². The number of nitrogens with one attached hydrogen (secondary N) is 1. The highest BCUT2D eigenvalue weighted by molar-refractivity contribution is 14.1. The molecule has 190 valence electrons. The lowest BCUT2D eigenvalue weighted by molar-refractivity contribution is -0.115. The standard InChI is InChI=1S/C26H18Cl3IN2O4S/c1-2-35-21-11-15(10-20(30)23(21)36-13-14-3-8-18(28)19(29)9-14)12-22-25(34)32-26(37-22)31-24(33)16-4-6-17(27)7-5-16/h3-12H,2,13H2,1H3,(H,31,32,33,34)/b22-12-. The predicted molar refractivity (Wildman–Crippen MR) is 158 cm³/mol. The molecule has 1 aliphatic rings. The second kappa shape index (κ2) is 12.5. The number of carbonyl (C=O) groups excluding carboxylic acids is 2. The molecule has 0 spiro atoms. The summed E-state index contributed by atoms with van der Waals surface area (Å²) < 4.78 is 12.7. The second-order valence-electron chi connectivity index (χ2n) is 7.59. The highest BCUT2D eigenvalue weighted by atomic mass is 127. The molecule has 0 aromatic heterocycles. The first-order valence-corrected chi connectivity index (χ1v) is 13.9. The van der Waals surface area contributed by atoms with Crippen LogP contribution in [0.4, 0.5) is 0 Å². The highest BCUT2D eigenvalue weighted by Crippen LogP contribution is 2.37. The van der Waals surface area contributed by atoms with Gasteiger partial charge in [-0.25, -0.2) is 0 Å². The smallest absolute Gasteiger partial charge is 0.279 e. The Bertz CT molecular complexity index is 1430. The predicted octanol–water partition coefficient (Wildman–Crippen LogP) is 7.63. The van der Waals surface area contributed by atoms with Gasteiger partial charge in [0.25, 0.3) is 11.8 Å². The Morgan fingerprint density at radius 1 is 1.05 bits per heavy atom. The van der Waals surface area contributed by atoms with E-state index in [-0.39, 0.29) is 17.7 Å². The summed E-state index contributed by atoms with van der Waals surface area (Å²) in [6.07, 6.45) is 1.71. The first kappa shape index (κ1) is 27.8. The highest BCUT2D eigenvalue weighted by Gasteiger charge is 2.25. The lowest BCUT2D eigenvalue weighted by Gasteiger charge is -2.15. The van der Waals surface area contributed by atoms with Crippen LogP contribution in [-0.2, 0) is 11.4 Å². The van der Waals surface area contributed by atoms with Crippen LogP contribution >= 0.6 is 69.2 Å². The summed E-state index contributed by atoms with van der Waals surface area (Å²) in [5.41, 5.74) is 1.96. The van der Waals surface area contributed by atoms with E-state index in [9.17, 15) is 9.59 Å². The quantitative estimate of drug-likeness (QED) is 0.204. The number of amides is 2. The van der Waals surface area contributed by atoms with E-state index in [0.29, 0.717) is 43.6 Å². The molecule has 11 heteroatoms. The van der Waals surface area contributed by atoms with Crippen molar-refractivity contribution in [1.82, 2.24) is 5.32 Å². The maximum Gasteiger partial charge on any atom is 0.279 e. The Balaban J connectivity index is 1.53. The number of aliphatic imine (C=N–C) groups is 1. The summed E-state index contributed by atoms with van der Waals surface area (Å²) >= 11 is 21.2. The Morgan fingerprint density at radius 3 is 2.51 bits per heavy atom. The minimum absolute atomic E-state index is 0.206. The third kappa shape index (κ3) is 7.20. The lowest BCUT2D eigenvalue weighted by atomic mass is 10.1. The first-order valence-electron chi connectivity index (χ1n) is 10.9.